The summed E-state index contributed by atoms with van der Waals surface area (Å²) in [6, 6.07) is 2.07. The Hall–Kier alpha value is -1.17. The number of aromatic nitrogens is 2. The summed E-state index contributed by atoms with van der Waals surface area (Å²) in [5, 5.41) is 16.4. The Kier molecular flexibility index (Phi) is 4.32. The fraction of sp³-hybridized carbons (Fsp3) is 0.429. The smallest absolute Gasteiger partial charge is 0.131 e. The lowest BCUT2D eigenvalue weighted by Gasteiger charge is -2.14. The number of pyridine rings is 1. The minimum atomic E-state index is -0.936. The molecule has 2 heterocycles. The van der Waals surface area contributed by atoms with Gasteiger partial charge in [0.05, 0.1) is 5.69 Å². The highest BCUT2D eigenvalue weighted by Crippen LogP contribution is 2.33. The third-order valence-corrected chi connectivity index (χ3v) is 3.98. The van der Waals surface area contributed by atoms with E-state index in [1.165, 1.54) is 11.3 Å². The van der Waals surface area contributed by atoms with Crippen molar-refractivity contribution in [3.8, 4) is 11.3 Å². The fourth-order valence-corrected chi connectivity index (χ4v) is 2.74. The van der Waals surface area contributed by atoms with E-state index in [9.17, 15) is 5.11 Å². The fourth-order valence-electron chi connectivity index (χ4n) is 1.74. The molecule has 6 heteroatoms. The zero-order chi connectivity index (χ0) is 14.9. The topological polar surface area (TPSA) is 58.0 Å². The Balaban J connectivity index is 2.44. The van der Waals surface area contributed by atoms with Crippen LogP contribution >= 0.6 is 22.9 Å². The van der Waals surface area contributed by atoms with E-state index in [4.69, 9.17) is 11.6 Å². The molecule has 108 valence electrons. The maximum atomic E-state index is 10.0. The summed E-state index contributed by atoms with van der Waals surface area (Å²) in [6.07, 6.45) is 1.70. The van der Waals surface area contributed by atoms with Crippen molar-refractivity contribution in [1.29, 1.82) is 0 Å². The van der Waals surface area contributed by atoms with Crippen molar-refractivity contribution in [2.45, 2.75) is 39.3 Å². The van der Waals surface area contributed by atoms with E-state index < -0.39 is 5.60 Å². The molecule has 4 nitrogen and oxygen atoms in total. The predicted molar refractivity (Wildman–Crippen MR) is 84.4 cm³/mol. The van der Waals surface area contributed by atoms with Crippen LogP contribution in [0, 0.1) is 0 Å². The average Bonchev–Trinajstić information content (AvgIpc) is 2.77. The quantitative estimate of drug-likeness (QED) is 0.841. The third-order valence-electron chi connectivity index (χ3n) is 2.62. The summed E-state index contributed by atoms with van der Waals surface area (Å²) in [4.78, 5) is 8.62. The highest BCUT2D eigenvalue weighted by molar-refractivity contribution is 7.10. The Bertz CT molecular complexity index is 605. The first kappa shape index (κ1) is 15.2. The highest BCUT2D eigenvalue weighted by Gasteiger charge is 2.21. The number of hydrogen-bond donors (Lipinski definition) is 2. The van der Waals surface area contributed by atoms with Crippen LogP contribution in [0.25, 0.3) is 11.3 Å². The zero-order valence-corrected chi connectivity index (χ0v) is 13.5. The van der Waals surface area contributed by atoms with Gasteiger partial charge in [-0.3, -0.25) is 0 Å². The summed E-state index contributed by atoms with van der Waals surface area (Å²) in [6.45, 7) is 7.56. The first-order chi connectivity index (χ1) is 9.27. The van der Waals surface area contributed by atoms with Crippen molar-refractivity contribution in [2.24, 2.45) is 0 Å². The summed E-state index contributed by atoms with van der Waals surface area (Å²) in [7, 11) is 0. The van der Waals surface area contributed by atoms with Gasteiger partial charge in [-0.15, -0.1) is 11.3 Å². The van der Waals surface area contributed by atoms with Gasteiger partial charge in [0.15, 0.2) is 0 Å². The number of nitrogens with one attached hydrogen (secondary N) is 1. The third kappa shape index (κ3) is 3.48. The molecule has 2 aromatic rings. The molecule has 0 aromatic carbocycles. The molecule has 0 aliphatic carbocycles. The monoisotopic (exact) mass is 311 g/mol. The molecule has 20 heavy (non-hydrogen) atoms. The molecule has 2 rings (SSSR count). The second-order valence-electron chi connectivity index (χ2n) is 5.45. The van der Waals surface area contributed by atoms with E-state index in [2.05, 4.69) is 29.1 Å². The van der Waals surface area contributed by atoms with Crippen molar-refractivity contribution in [3.05, 3.63) is 27.8 Å². The Labute approximate surface area is 127 Å². The minimum Gasteiger partial charge on any atom is -0.383 e. The number of nitrogens with zero attached hydrogens (tertiary/aromatic N) is 2. The molecule has 0 spiro atoms. The largest absolute Gasteiger partial charge is 0.383 e. The second-order valence-corrected chi connectivity index (χ2v) is 6.69. The second kappa shape index (κ2) is 5.68. The van der Waals surface area contributed by atoms with Crippen LogP contribution in [0.4, 0.5) is 5.69 Å². The van der Waals surface area contributed by atoms with Crippen LogP contribution in [0.15, 0.2) is 17.6 Å². The van der Waals surface area contributed by atoms with Crippen LogP contribution in [0.1, 0.15) is 32.7 Å². The van der Waals surface area contributed by atoms with Crippen LogP contribution in [-0.2, 0) is 5.60 Å². The number of thiazole rings is 1. The van der Waals surface area contributed by atoms with Crippen LogP contribution in [0.5, 0.6) is 0 Å². The summed E-state index contributed by atoms with van der Waals surface area (Å²) in [5.74, 6) is 0. The Morgan fingerprint density at radius 2 is 2.10 bits per heavy atom. The van der Waals surface area contributed by atoms with Gasteiger partial charge in [-0.25, -0.2) is 9.97 Å². The van der Waals surface area contributed by atoms with Gasteiger partial charge in [-0.1, -0.05) is 11.6 Å². The van der Waals surface area contributed by atoms with E-state index in [1.807, 2.05) is 5.38 Å². The van der Waals surface area contributed by atoms with Crippen molar-refractivity contribution >= 4 is 28.6 Å². The SMILES string of the molecule is CC(C)Nc1cc(Cl)ncc1-c1csc(C(C)(C)O)n1. The molecule has 0 fully saturated rings. The lowest BCUT2D eigenvalue weighted by atomic mass is 10.1. The molecule has 2 aromatic heterocycles. The maximum absolute atomic E-state index is 10.0. The molecular formula is C14H18ClN3OS. The molecule has 0 aliphatic heterocycles. The number of anilines is 1. The minimum absolute atomic E-state index is 0.277. The predicted octanol–water partition coefficient (Wildman–Crippen LogP) is 3.91. The molecule has 0 saturated carbocycles. The summed E-state index contributed by atoms with van der Waals surface area (Å²) >= 11 is 7.39. The lowest BCUT2D eigenvalue weighted by Crippen LogP contribution is -2.15. The first-order valence-corrected chi connectivity index (χ1v) is 7.64. The van der Waals surface area contributed by atoms with Gasteiger partial charge >= 0.3 is 0 Å². The first-order valence-electron chi connectivity index (χ1n) is 6.38. The van der Waals surface area contributed by atoms with Crippen LogP contribution in [-0.4, -0.2) is 21.1 Å². The lowest BCUT2D eigenvalue weighted by molar-refractivity contribution is 0.0783. The Morgan fingerprint density at radius 3 is 2.65 bits per heavy atom. The van der Waals surface area contributed by atoms with E-state index in [0.717, 1.165) is 16.9 Å². The van der Waals surface area contributed by atoms with Gasteiger partial charge in [-0.2, -0.15) is 0 Å². The van der Waals surface area contributed by atoms with E-state index in [-0.39, 0.29) is 6.04 Å². The molecule has 0 bridgehead atoms. The van der Waals surface area contributed by atoms with Crippen molar-refractivity contribution in [3.63, 3.8) is 0 Å². The maximum Gasteiger partial charge on any atom is 0.131 e. The Morgan fingerprint density at radius 1 is 1.40 bits per heavy atom. The van der Waals surface area contributed by atoms with Crippen molar-refractivity contribution in [1.82, 2.24) is 9.97 Å². The van der Waals surface area contributed by atoms with Gasteiger partial charge in [0, 0.05) is 28.9 Å². The number of rotatable bonds is 4. The molecule has 2 N–H and O–H groups in total. The standard InChI is InChI=1S/C14H18ClN3OS/c1-8(2)17-10-5-12(15)16-6-9(10)11-7-20-13(18-11)14(3,4)19/h5-8,19H,1-4H3,(H,16,17). The van der Waals surface area contributed by atoms with Gasteiger partial charge in [-0.05, 0) is 33.8 Å². The molecule has 0 amide bonds. The van der Waals surface area contributed by atoms with Gasteiger partial charge < -0.3 is 10.4 Å². The van der Waals surface area contributed by atoms with Gasteiger partial charge in [0.2, 0.25) is 0 Å². The van der Waals surface area contributed by atoms with E-state index >= 15 is 0 Å². The highest BCUT2D eigenvalue weighted by atomic mass is 35.5. The van der Waals surface area contributed by atoms with E-state index in [1.54, 1.807) is 26.1 Å². The van der Waals surface area contributed by atoms with Crippen molar-refractivity contribution in [2.75, 3.05) is 5.32 Å². The summed E-state index contributed by atoms with van der Waals surface area (Å²) in [5.41, 5.74) is 1.64. The van der Waals surface area contributed by atoms with Crippen LogP contribution < -0.4 is 5.32 Å². The van der Waals surface area contributed by atoms with Crippen LogP contribution in [0.3, 0.4) is 0 Å². The normalized spacial score (nSPS) is 11.9. The molecule has 0 atom stereocenters. The van der Waals surface area contributed by atoms with Gasteiger partial charge in [0.25, 0.3) is 0 Å². The zero-order valence-electron chi connectivity index (χ0n) is 11.9. The molecule has 0 aliphatic rings. The molecular weight excluding hydrogens is 294 g/mol. The number of hydrogen-bond acceptors (Lipinski definition) is 5. The van der Waals surface area contributed by atoms with Crippen LogP contribution in [0.2, 0.25) is 5.15 Å². The number of aliphatic hydroxyl groups is 1. The molecule has 0 saturated heterocycles. The molecule has 0 unspecified atom stereocenters. The van der Waals surface area contributed by atoms with E-state index in [0.29, 0.717) is 10.2 Å². The van der Waals surface area contributed by atoms with Crippen molar-refractivity contribution < 1.29 is 5.11 Å². The number of halogens is 1. The molecule has 0 radical (unpaired) electrons. The van der Waals surface area contributed by atoms with Gasteiger partial charge in [0.1, 0.15) is 15.8 Å². The summed E-state index contributed by atoms with van der Waals surface area (Å²) < 4.78 is 0. The average molecular weight is 312 g/mol.